The van der Waals surface area contributed by atoms with Crippen molar-refractivity contribution in [3.63, 3.8) is 0 Å². The predicted molar refractivity (Wildman–Crippen MR) is 123 cm³/mol. The Morgan fingerprint density at radius 3 is 2.53 bits per heavy atom. The molecule has 1 amide bonds. The van der Waals surface area contributed by atoms with E-state index in [1.54, 1.807) is 37.3 Å². The molecule has 1 fully saturated rings. The molecule has 0 aliphatic carbocycles. The zero-order valence-electron chi connectivity index (χ0n) is 19.2. The van der Waals surface area contributed by atoms with Crippen LogP contribution in [-0.4, -0.2) is 57.4 Å². The summed E-state index contributed by atoms with van der Waals surface area (Å²) in [5.74, 6) is 1.05. The molecule has 7 nitrogen and oxygen atoms in total. The Balaban J connectivity index is 1.69. The van der Waals surface area contributed by atoms with Gasteiger partial charge in [-0.1, -0.05) is 12.1 Å². The van der Waals surface area contributed by atoms with Crippen LogP contribution in [0.15, 0.2) is 47.4 Å². The van der Waals surface area contributed by atoms with Gasteiger partial charge < -0.3 is 14.4 Å². The number of hydrogen-bond acceptors (Lipinski definition) is 5. The quantitative estimate of drug-likeness (QED) is 0.603. The SMILES string of the molecule is CCOc1ccc(S(=O)(=O)N2CCC[C@H](C(=O)N(C)Cc3ccc(OC)cc3)C2)cc1C. The van der Waals surface area contributed by atoms with E-state index < -0.39 is 10.0 Å². The van der Waals surface area contributed by atoms with Gasteiger partial charge in [0.15, 0.2) is 0 Å². The Morgan fingerprint density at radius 1 is 1.19 bits per heavy atom. The maximum absolute atomic E-state index is 13.2. The highest BCUT2D eigenvalue weighted by Gasteiger charge is 2.34. The zero-order chi connectivity index (χ0) is 23.3. The fraction of sp³-hybridized carbons (Fsp3) is 0.458. The molecule has 0 aromatic heterocycles. The Hall–Kier alpha value is -2.58. The minimum atomic E-state index is -3.68. The summed E-state index contributed by atoms with van der Waals surface area (Å²) in [7, 11) is -0.309. The number of benzene rings is 2. The van der Waals surface area contributed by atoms with Crippen molar-refractivity contribution in [2.45, 2.75) is 38.1 Å². The molecule has 0 radical (unpaired) electrons. The number of carbonyl (C=O) groups is 1. The number of rotatable bonds is 8. The molecule has 32 heavy (non-hydrogen) atoms. The number of methoxy groups -OCH3 is 1. The Morgan fingerprint density at radius 2 is 1.91 bits per heavy atom. The number of hydrogen-bond donors (Lipinski definition) is 0. The highest BCUT2D eigenvalue weighted by atomic mass is 32.2. The molecule has 2 aromatic carbocycles. The second kappa shape index (κ2) is 10.4. The molecule has 1 heterocycles. The van der Waals surface area contributed by atoms with Crippen LogP contribution < -0.4 is 9.47 Å². The number of aryl methyl sites for hydroxylation is 1. The van der Waals surface area contributed by atoms with Crippen LogP contribution in [0, 0.1) is 12.8 Å². The standard InChI is InChI=1S/C24H32N2O5S/c1-5-31-23-13-12-22(15-18(23)2)32(28,29)26-14-6-7-20(17-26)24(27)25(3)16-19-8-10-21(30-4)11-9-19/h8-13,15,20H,5-7,14,16-17H2,1-4H3/t20-/m0/s1. The predicted octanol–water partition coefficient (Wildman–Crippen LogP) is 3.46. The van der Waals surface area contributed by atoms with Gasteiger partial charge in [-0.2, -0.15) is 4.31 Å². The van der Waals surface area contributed by atoms with Crippen molar-refractivity contribution >= 4 is 15.9 Å². The lowest BCUT2D eigenvalue weighted by Crippen LogP contribution is -2.45. The van der Waals surface area contributed by atoms with Crippen molar-refractivity contribution in [3.8, 4) is 11.5 Å². The third-order valence-corrected chi connectivity index (χ3v) is 7.63. The Kier molecular flexibility index (Phi) is 7.79. The largest absolute Gasteiger partial charge is 0.497 e. The maximum Gasteiger partial charge on any atom is 0.243 e. The van der Waals surface area contributed by atoms with Crippen molar-refractivity contribution in [1.82, 2.24) is 9.21 Å². The molecule has 0 saturated carbocycles. The van der Waals surface area contributed by atoms with Gasteiger partial charge in [0.05, 0.1) is 24.5 Å². The monoisotopic (exact) mass is 460 g/mol. The topological polar surface area (TPSA) is 76.2 Å². The van der Waals surface area contributed by atoms with Gasteiger partial charge in [0.25, 0.3) is 0 Å². The lowest BCUT2D eigenvalue weighted by Gasteiger charge is -2.33. The third-order valence-electron chi connectivity index (χ3n) is 5.77. The van der Waals surface area contributed by atoms with E-state index in [0.29, 0.717) is 38.3 Å². The van der Waals surface area contributed by atoms with Crippen LogP contribution in [0.4, 0.5) is 0 Å². The van der Waals surface area contributed by atoms with E-state index >= 15 is 0 Å². The van der Waals surface area contributed by atoms with Gasteiger partial charge in [-0.25, -0.2) is 8.42 Å². The van der Waals surface area contributed by atoms with Gasteiger partial charge in [0.2, 0.25) is 15.9 Å². The summed E-state index contributed by atoms with van der Waals surface area (Å²) in [4.78, 5) is 15.0. The number of piperidine rings is 1. The summed E-state index contributed by atoms with van der Waals surface area (Å²) in [6.07, 6.45) is 1.34. The molecule has 1 aliphatic heterocycles. The Bertz CT molecular complexity index is 1040. The first-order chi connectivity index (χ1) is 15.3. The average Bonchev–Trinajstić information content (AvgIpc) is 2.80. The zero-order valence-corrected chi connectivity index (χ0v) is 20.0. The van der Waals surface area contributed by atoms with Crippen LogP contribution in [0.1, 0.15) is 30.9 Å². The van der Waals surface area contributed by atoms with Crippen LogP contribution in [0.5, 0.6) is 11.5 Å². The molecule has 0 spiro atoms. The van der Waals surface area contributed by atoms with Crippen LogP contribution in [0.2, 0.25) is 0 Å². The fourth-order valence-corrected chi connectivity index (χ4v) is 5.62. The average molecular weight is 461 g/mol. The van der Waals surface area contributed by atoms with Gasteiger partial charge in [0.1, 0.15) is 11.5 Å². The van der Waals surface area contributed by atoms with E-state index in [9.17, 15) is 13.2 Å². The number of amides is 1. The summed E-state index contributed by atoms with van der Waals surface area (Å²) >= 11 is 0. The van der Waals surface area contributed by atoms with Crippen molar-refractivity contribution in [2.75, 3.05) is 33.9 Å². The highest BCUT2D eigenvalue weighted by molar-refractivity contribution is 7.89. The van der Waals surface area contributed by atoms with Gasteiger partial charge in [-0.05, 0) is 68.1 Å². The second-order valence-electron chi connectivity index (χ2n) is 8.10. The summed E-state index contributed by atoms with van der Waals surface area (Å²) < 4.78 is 38.6. The van der Waals surface area contributed by atoms with Gasteiger partial charge >= 0.3 is 0 Å². The maximum atomic E-state index is 13.2. The van der Waals surface area contributed by atoms with Crippen LogP contribution in [-0.2, 0) is 21.4 Å². The lowest BCUT2D eigenvalue weighted by molar-refractivity contribution is -0.135. The molecule has 8 heteroatoms. The minimum Gasteiger partial charge on any atom is -0.497 e. The molecule has 1 atom stereocenters. The van der Waals surface area contributed by atoms with E-state index in [4.69, 9.17) is 9.47 Å². The Labute approximate surface area is 191 Å². The van der Waals surface area contributed by atoms with Crippen molar-refractivity contribution < 1.29 is 22.7 Å². The summed E-state index contributed by atoms with van der Waals surface area (Å²) in [6, 6.07) is 12.5. The molecule has 1 saturated heterocycles. The fourth-order valence-electron chi connectivity index (χ4n) is 4.01. The molecule has 0 unspecified atom stereocenters. The van der Waals surface area contributed by atoms with Crippen LogP contribution in [0.25, 0.3) is 0 Å². The minimum absolute atomic E-state index is 0.0383. The van der Waals surface area contributed by atoms with E-state index in [2.05, 4.69) is 0 Å². The van der Waals surface area contributed by atoms with E-state index in [0.717, 1.165) is 16.9 Å². The molecule has 174 valence electrons. The molecule has 1 aliphatic rings. The lowest BCUT2D eigenvalue weighted by atomic mass is 9.98. The van der Waals surface area contributed by atoms with E-state index in [1.807, 2.05) is 38.1 Å². The molecule has 3 rings (SSSR count). The highest BCUT2D eigenvalue weighted by Crippen LogP contribution is 2.28. The summed E-state index contributed by atoms with van der Waals surface area (Å²) in [5, 5.41) is 0. The first kappa shape index (κ1) is 24.1. The first-order valence-electron chi connectivity index (χ1n) is 10.9. The summed E-state index contributed by atoms with van der Waals surface area (Å²) in [6.45, 7) is 5.32. The van der Waals surface area contributed by atoms with Crippen LogP contribution in [0.3, 0.4) is 0 Å². The smallest absolute Gasteiger partial charge is 0.243 e. The third kappa shape index (κ3) is 5.42. The van der Waals surface area contributed by atoms with Gasteiger partial charge in [-0.3, -0.25) is 4.79 Å². The summed E-state index contributed by atoms with van der Waals surface area (Å²) in [5.41, 5.74) is 1.77. The van der Waals surface area contributed by atoms with Crippen molar-refractivity contribution in [2.24, 2.45) is 5.92 Å². The van der Waals surface area contributed by atoms with Crippen molar-refractivity contribution in [3.05, 3.63) is 53.6 Å². The molecule has 2 aromatic rings. The van der Waals surface area contributed by atoms with E-state index in [-0.39, 0.29) is 23.3 Å². The molecular formula is C24H32N2O5S. The van der Waals surface area contributed by atoms with Gasteiger partial charge in [-0.15, -0.1) is 0 Å². The number of ether oxygens (including phenoxy) is 2. The normalized spacial score (nSPS) is 17.1. The first-order valence-corrected chi connectivity index (χ1v) is 12.3. The number of sulfonamides is 1. The van der Waals surface area contributed by atoms with Gasteiger partial charge in [0, 0.05) is 26.7 Å². The molecular weight excluding hydrogens is 428 g/mol. The molecule has 0 bridgehead atoms. The second-order valence-corrected chi connectivity index (χ2v) is 10.0. The number of carbonyl (C=O) groups excluding carboxylic acids is 1. The van der Waals surface area contributed by atoms with Crippen molar-refractivity contribution in [1.29, 1.82) is 0 Å². The number of nitrogens with zero attached hydrogens (tertiary/aromatic N) is 2. The van der Waals surface area contributed by atoms with E-state index in [1.165, 1.54) is 4.31 Å². The molecule has 0 N–H and O–H groups in total. The van der Waals surface area contributed by atoms with Crippen LogP contribution >= 0.6 is 0 Å².